The Hall–Kier alpha value is -0.380. The molecule has 0 aliphatic heterocycles. The van der Waals surface area contributed by atoms with Gasteiger partial charge in [-0.2, -0.15) is 0 Å². The second kappa shape index (κ2) is 8.03. The van der Waals surface area contributed by atoms with Gasteiger partial charge in [-0.3, -0.25) is 0 Å². The molecule has 0 aromatic heterocycles. The highest BCUT2D eigenvalue weighted by molar-refractivity contribution is 9.10. The Morgan fingerprint density at radius 2 is 1.89 bits per heavy atom. The normalized spacial score (nSPS) is 13.5. The summed E-state index contributed by atoms with van der Waals surface area (Å²) >= 11 is 3.48. The zero-order valence-electron chi connectivity index (χ0n) is 12.5. The van der Waals surface area contributed by atoms with Gasteiger partial charge in [-0.05, 0) is 57.4 Å². The van der Waals surface area contributed by atoms with Gasteiger partial charge in [0.15, 0.2) is 0 Å². The molecule has 1 rings (SSSR count). The molecule has 0 saturated carbocycles. The molecule has 0 fully saturated rings. The Kier molecular flexibility index (Phi) is 7.05. The Balaban J connectivity index is 2.55. The van der Waals surface area contributed by atoms with Crippen LogP contribution in [0, 0.1) is 0 Å². The van der Waals surface area contributed by atoms with Crippen LogP contribution in [0.4, 0.5) is 0 Å². The molecule has 0 spiro atoms. The number of likely N-dealkylation sites (N-methyl/N-ethyl adjacent to an activating group) is 1. The third kappa shape index (κ3) is 6.55. The van der Waals surface area contributed by atoms with Crippen LogP contribution in [0.15, 0.2) is 28.7 Å². The molecule has 0 radical (unpaired) electrons. The number of halogens is 1. The topological polar surface area (TPSA) is 21.3 Å². The number of nitrogens with one attached hydrogen (secondary N) is 1. The second-order valence-corrected chi connectivity index (χ2v) is 6.50. The van der Waals surface area contributed by atoms with Crippen LogP contribution in [0.5, 0.6) is 0 Å². The van der Waals surface area contributed by atoms with Gasteiger partial charge >= 0.3 is 0 Å². The van der Waals surface area contributed by atoms with Crippen LogP contribution >= 0.6 is 15.9 Å². The van der Waals surface area contributed by atoms with E-state index in [-0.39, 0.29) is 5.60 Å². The number of hydrogen-bond acceptors (Lipinski definition) is 2. The van der Waals surface area contributed by atoms with E-state index >= 15 is 0 Å². The zero-order valence-corrected chi connectivity index (χ0v) is 14.1. The Bertz CT molecular complexity index is 362. The molecule has 1 unspecified atom stereocenters. The number of methoxy groups -OCH3 is 1. The number of rotatable bonds is 8. The van der Waals surface area contributed by atoms with Crippen molar-refractivity contribution in [1.29, 1.82) is 0 Å². The van der Waals surface area contributed by atoms with Gasteiger partial charge in [0.2, 0.25) is 0 Å². The summed E-state index contributed by atoms with van der Waals surface area (Å²) in [6.07, 6.45) is 3.27. The van der Waals surface area contributed by atoms with Crippen LogP contribution in [-0.2, 0) is 11.2 Å². The molecule has 0 aliphatic rings. The molecular formula is C16H26BrNO. The van der Waals surface area contributed by atoms with Gasteiger partial charge in [0.25, 0.3) is 0 Å². The van der Waals surface area contributed by atoms with Crippen molar-refractivity contribution in [2.24, 2.45) is 0 Å². The summed E-state index contributed by atoms with van der Waals surface area (Å²) in [4.78, 5) is 0. The molecule has 108 valence electrons. The van der Waals surface area contributed by atoms with Crippen molar-refractivity contribution in [2.75, 3.05) is 13.7 Å². The molecule has 0 amide bonds. The standard InChI is InChI=1S/C16H26BrNO/c1-5-18-15(10-11-16(2,3)19-4)12-13-6-8-14(17)9-7-13/h6-9,15,18H,5,10-12H2,1-4H3. The molecule has 3 heteroatoms. The van der Waals surface area contributed by atoms with E-state index in [1.54, 1.807) is 7.11 Å². The lowest BCUT2D eigenvalue weighted by Gasteiger charge is -2.26. The molecule has 1 N–H and O–H groups in total. The van der Waals surface area contributed by atoms with E-state index in [1.165, 1.54) is 5.56 Å². The predicted molar refractivity (Wildman–Crippen MR) is 85.6 cm³/mol. The van der Waals surface area contributed by atoms with E-state index < -0.39 is 0 Å². The summed E-state index contributed by atoms with van der Waals surface area (Å²) in [5, 5.41) is 3.58. The second-order valence-electron chi connectivity index (χ2n) is 5.59. The Morgan fingerprint density at radius 3 is 2.42 bits per heavy atom. The predicted octanol–water partition coefficient (Wildman–Crippen LogP) is 4.17. The van der Waals surface area contributed by atoms with Gasteiger partial charge in [0, 0.05) is 17.6 Å². The number of benzene rings is 1. The third-order valence-electron chi connectivity index (χ3n) is 3.54. The van der Waals surface area contributed by atoms with E-state index in [1.807, 2.05) is 0 Å². The van der Waals surface area contributed by atoms with Crippen molar-refractivity contribution in [3.05, 3.63) is 34.3 Å². The van der Waals surface area contributed by atoms with Crippen molar-refractivity contribution in [1.82, 2.24) is 5.32 Å². The first-order valence-corrected chi connectivity index (χ1v) is 7.79. The fourth-order valence-electron chi connectivity index (χ4n) is 2.09. The van der Waals surface area contributed by atoms with Crippen LogP contribution in [0.3, 0.4) is 0 Å². The highest BCUT2D eigenvalue weighted by Gasteiger charge is 2.19. The highest BCUT2D eigenvalue weighted by Crippen LogP contribution is 2.19. The molecular weight excluding hydrogens is 302 g/mol. The van der Waals surface area contributed by atoms with Crippen molar-refractivity contribution >= 4 is 15.9 Å². The Morgan fingerprint density at radius 1 is 1.26 bits per heavy atom. The molecule has 1 aromatic carbocycles. The van der Waals surface area contributed by atoms with Crippen LogP contribution < -0.4 is 5.32 Å². The highest BCUT2D eigenvalue weighted by atomic mass is 79.9. The summed E-state index contributed by atoms with van der Waals surface area (Å²) < 4.78 is 6.63. The minimum absolute atomic E-state index is 0.0343. The minimum atomic E-state index is -0.0343. The largest absolute Gasteiger partial charge is 0.379 e. The van der Waals surface area contributed by atoms with Crippen LogP contribution in [0.1, 0.15) is 39.2 Å². The lowest BCUT2D eigenvalue weighted by molar-refractivity contribution is 0.0117. The lowest BCUT2D eigenvalue weighted by Crippen LogP contribution is -2.34. The smallest absolute Gasteiger partial charge is 0.0623 e. The van der Waals surface area contributed by atoms with Crippen LogP contribution in [0.2, 0.25) is 0 Å². The molecule has 0 heterocycles. The summed E-state index contributed by atoms with van der Waals surface area (Å²) in [7, 11) is 1.79. The molecule has 0 bridgehead atoms. The van der Waals surface area contributed by atoms with Crippen molar-refractivity contribution in [3.8, 4) is 0 Å². The van der Waals surface area contributed by atoms with E-state index in [2.05, 4.69) is 66.3 Å². The average Bonchev–Trinajstić information content (AvgIpc) is 2.39. The fourth-order valence-corrected chi connectivity index (χ4v) is 2.36. The van der Waals surface area contributed by atoms with Crippen LogP contribution in [-0.4, -0.2) is 25.3 Å². The SMILES string of the molecule is CCNC(CCC(C)(C)OC)Cc1ccc(Br)cc1. The molecule has 19 heavy (non-hydrogen) atoms. The quantitative estimate of drug-likeness (QED) is 0.773. The number of hydrogen-bond donors (Lipinski definition) is 1. The lowest BCUT2D eigenvalue weighted by atomic mass is 9.95. The van der Waals surface area contributed by atoms with E-state index in [4.69, 9.17) is 4.74 Å². The molecule has 1 atom stereocenters. The zero-order chi connectivity index (χ0) is 14.3. The average molecular weight is 328 g/mol. The Labute approximate surface area is 126 Å². The molecule has 0 aliphatic carbocycles. The van der Waals surface area contributed by atoms with Crippen molar-refractivity contribution in [3.63, 3.8) is 0 Å². The molecule has 0 saturated heterocycles. The maximum absolute atomic E-state index is 5.50. The fraction of sp³-hybridized carbons (Fsp3) is 0.625. The summed E-state index contributed by atoms with van der Waals surface area (Å²) in [5.41, 5.74) is 1.34. The van der Waals surface area contributed by atoms with Gasteiger partial charge in [0.05, 0.1) is 5.60 Å². The van der Waals surface area contributed by atoms with Gasteiger partial charge in [-0.25, -0.2) is 0 Å². The maximum Gasteiger partial charge on any atom is 0.0623 e. The third-order valence-corrected chi connectivity index (χ3v) is 4.06. The van der Waals surface area contributed by atoms with Gasteiger partial charge < -0.3 is 10.1 Å². The van der Waals surface area contributed by atoms with Gasteiger partial charge in [-0.15, -0.1) is 0 Å². The van der Waals surface area contributed by atoms with Crippen LogP contribution in [0.25, 0.3) is 0 Å². The first-order valence-electron chi connectivity index (χ1n) is 7.00. The number of ether oxygens (including phenoxy) is 1. The summed E-state index contributed by atoms with van der Waals surface area (Å²) in [6, 6.07) is 9.11. The molecule has 2 nitrogen and oxygen atoms in total. The first-order chi connectivity index (χ1) is 8.96. The van der Waals surface area contributed by atoms with E-state index in [0.29, 0.717) is 6.04 Å². The first kappa shape index (κ1) is 16.7. The summed E-state index contributed by atoms with van der Waals surface area (Å²) in [5.74, 6) is 0. The summed E-state index contributed by atoms with van der Waals surface area (Å²) in [6.45, 7) is 7.47. The van der Waals surface area contributed by atoms with Gasteiger partial charge in [0.1, 0.15) is 0 Å². The van der Waals surface area contributed by atoms with E-state index in [0.717, 1.165) is 30.3 Å². The van der Waals surface area contributed by atoms with E-state index in [9.17, 15) is 0 Å². The van der Waals surface area contributed by atoms with Gasteiger partial charge in [-0.1, -0.05) is 35.0 Å². The maximum atomic E-state index is 5.50. The van der Waals surface area contributed by atoms with Crippen molar-refractivity contribution < 1.29 is 4.74 Å². The monoisotopic (exact) mass is 327 g/mol. The van der Waals surface area contributed by atoms with Crippen molar-refractivity contribution in [2.45, 2.75) is 51.7 Å². The minimum Gasteiger partial charge on any atom is -0.379 e. The molecule has 1 aromatic rings.